The van der Waals surface area contributed by atoms with E-state index in [-0.39, 0.29) is 17.9 Å². The van der Waals surface area contributed by atoms with Gasteiger partial charge in [0.05, 0.1) is 0 Å². The van der Waals surface area contributed by atoms with Crippen LogP contribution >= 0.6 is 11.6 Å². The van der Waals surface area contributed by atoms with Crippen LogP contribution in [0.4, 0.5) is 0 Å². The summed E-state index contributed by atoms with van der Waals surface area (Å²) in [6.45, 7) is 6.06. The number of carbonyl (C=O) groups excluding carboxylic acids is 2. The fourth-order valence-electron chi connectivity index (χ4n) is 2.90. The van der Waals surface area contributed by atoms with Gasteiger partial charge >= 0.3 is 0 Å². The highest BCUT2D eigenvalue weighted by Crippen LogP contribution is 2.19. The van der Waals surface area contributed by atoms with Crippen LogP contribution in [0.2, 0.25) is 5.02 Å². The summed E-state index contributed by atoms with van der Waals surface area (Å²) in [4.78, 5) is 27.3. The number of benzene rings is 2. The Morgan fingerprint density at radius 3 is 2.32 bits per heavy atom. The lowest BCUT2D eigenvalue weighted by molar-refractivity contribution is -0.140. The molecule has 1 N–H and O–H groups in total. The average molecular weight is 401 g/mol. The van der Waals surface area contributed by atoms with Gasteiger partial charge in [-0.1, -0.05) is 67.1 Å². The van der Waals surface area contributed by atoms with Crippen molar-refractivity contribution in [2.75, 3.05) is 0 Å². The van der Waals surface area contributed by atoms with Crippen molar-refractivity contribution >= 4 is 23.4 Å². The van der Waals surface area contributed by atoms with Crippen LogP contribution in [0, 0.1) is 0 Å². The van der Waals surface area contributed by atoms with Gasteiger partial charge in [0, 0.05) is 24.0 Å². The monoisotopic (exact) mass is 400 g/mol. The average Bonchev–Trinajstić information content (AvgIpc) is 2.71. The van der Waals surface area contributed by atoms with Crippen molar-refractivity contribution in [2.24, 2.45) is 0 Å². The van der Waals surface area contributed by atoms with Gasteiger partial charge in [-0.05, 0) is 43.9 Å². The van der Waals surface area contributed by atoms with Crippen molar-refractivity contribution in [2.45, 2.75) is 58.7 Å². The van der Waals surface area contributed by atoms with Crippen LogP contribution < -0.4 is 5.32 Å². The van der Waals surface area contributed by atoms with E-state index in [0.29, 0.717) is 24.4 Å². The summed E-state index contributed by atoms with van der Waals surface area (Å²) in [6, 6.07) is 16.8. The van der Waals surface area contributed by atoms with E-state index in [1.165, 1.54) is 0 Å². The Morgan fingerprint density at radius 1 is 1.04 bits per heavy atom. The number of nitrogens with zero attached hydrogens (tertiary/aromatic N) is 1. The van der Waals surface area contributed by atoms with Crippen molar-refractivity contribution in [3.63, 3.8) is 0 Å². The van der Waals surface area contributed by atoms with E-state index < -0.39 is 6.04 Å². The van der Waals surface area contributed by atoms with E-state index in [2.05, 4.69) is 5.32 Å². The standard InChI is InChI=1S/C23H29ClN2O2/c1-4-17(2)25-23(28)18(3)26(16-20-12-8-9-13-21(20)24)22(27)15-14-19-10-6-5-7-11-19/h5-13,17-18H,4,14-16H2,1-3H3,(H,25,28). The number of carbonyl (C=O) groups is 2. The molecule has 150 valence electrons. The third kappa shape index (κ3) is 6.38. The van der Waals surface area contributed by atoms with Crippen molar-refractivity contribution in [3.8, 4) is 0 Å². The van der Waals surface area contributed by atoms with Crippen molar-refractivity contribution in [3.05, 3.63) is 70.7 Å². The molecule has 0 spiro atoms. The summed E-state index contributed by atoms with van der Waals surface area (Å²) in [5.41, 5.74) is 1.94. The molecule has 0 radical (unpaired) electrons. The molecule has 0 aromatic heterocycles. The molecule has 2 aromatic carbocycles. The van der Waals surface area contributed by atoms with Crippen LogP contribution in [0.25, 0.3) is 0 Å². The number of nitrogens with one attached hydrogen (secondary N) is 1. The van der Waals surface area contributed by atoms with Crippen molar-refractivity contribution in [1.29, 1.82) is 0 Å². The van der Waals surface area contributed by atoms with E-state index in [9.17, 15) is 9.59 Å². The lowest BCUT2D eigenvalue weighted by Gasteiger charge is -2.30. The second-order valence-electron chi connectivity index (χ2n) is 7.09. The van der Waals surface area contributed by atoms with Crippen molar-refractivity contribution < 1.29 is 9.59 Å². The maximum absolute atomic E-state index is 13.0. The minimum absolute atomic E-state index is 0.0597. The highest BCUT2D eigenvalue weighted by atomic mass is 35.5. The highest BCUT2D eigenvalue weighted by Gasteiger charge is 2.27. The Morgan fingerprint density at radius 2 is 1.68 bits per heavy atom. The molecule has 2 atom stereocenters. The molecule has 2 amide bonds. The first-order valence-corrected chi connectivity index (χ1v) is 10.2. The molecule has 4 nitrogen and oxygen atoms in total. The van der Waals surface area contributed by atoms with Crippen LogP contribution in [-0.4, -0.2) is 28.8 Å². The number of hydrogen-bond acceptors (Lipinski definition) is 2. The molecular formula is C23H29ClN2O2. The lowest BCUT2D eigenvalue weighted by atomic mass is 10.1. The molecule has 0 bridgehead atoms. The smallest absolute Gasteiger partial charge is 0.242 e. The number of hydrogen-bond donors (Lipinski definition) is 1. The summed E-state index contributed by atoms with van der Waals surface area (Å²) in [6.07, 6.45) is 1.82. The fraction of sp³-hybridized carbons (Fsp3) is 0.391. The molecule has 2 rings (SSSR count). The zero-order valence-corrected chi connectivity index (χ0v) is 17.6. The number of aryl methyl sites for hydroxylation is 1. The minimum Gasteiger partial charge on any atom is -0.352 e. The van der Waals surface area contributed by atoms with Gasteiger partial charge in [-0.3, -0.25) is 9.59 Å². The molecule has 0 saturated carbocycles. The summed E-state index contributed by atoms with van der Waals surface area (Å²) < 4.78 is 0. The Balaban J connectivity index is 2.15. The first-order valence-electron chi connectivity index (χ1n) is 9.79. The third-order valence-corrected chi connectivity index (χ3v) is 5.31. The Bertz CT molecular complexity index is 779. The molecule has 0 heterocycles. The SMILES string of the molecule is CCC(C)NC(=O)C(C)N(Cc1ccccc1Cl)C(=O)CCc1ccccc1. The lowest BCUT2D eigenvalue weighted by Crippen LogP contribution is -2.49. The van der Waals surface area contributed by atoms with Gasteiger partial charge in [0.25, 0.3) is 0 Å². The summed E-state index contributed by atoms with van der Waals surface area (Å²) in [7, 11) is 0. The normalized spacial score (nSPS) is 12.9. The molecule has 0 aliphatic heterocycles. The summed E-state index contributed by atoms with van der Waals surface area (Å²) in [5, 5.41) is 3.57. The van der Waals surface area contributed by atoms with Crippen LogP contribution in [0.5, 0.6) is 0 Å². The van der Waals surface area contributed by atoms with Gasteiger partial charge in [-0.25, -0.2) is 0 Å². The van der Waals surface area contributed by atoms with E-state index in [1.54, 1.807) is 17.9 Å². The van der Waals surface area contributed by atoms with Crippen molar-refractivity contribution in [1.82, 2.24) is 10.2 Å². The maximum Gasteiger partial charge on any atom is 0.242 e. The quantitative estimate of drug-likeness (QED) is 0.668. The number of amides is 2. The molecule has 0 aliphatic carbocycles. The molecular weight excluding hydrogens is 372 g/mol. The highest BCUT2D eigenvalue weighted by molar-refractivity contribution is 6.31. The first kappa shape index (κ1) is 22.0. The molecule has 0 saturated heterocycles. The zero-order chi connectivity index (χ0) is 20.5. The van der Waals surface area contributed by atoms with Gasteiger partial charge in [0.2, 0.25) is 11.8 Å². The van der Waals surface area contributed by atoms with E-state index in [4.69, 9.17) is 11.6 Å². The third-order valence-electron chi connectivity index (χ3n) is 4.94. The van der Waals surface area contributed by atoms with E-state index in [0.717, 1.165) is 17.5 Å². The van der Waals surface area contributed by atoms with Gasteiger partial charge in [0.15, 0.2) is 0 Å². The second kappa shape index (κ2) is 10.9. The van der Waals surface area contributed by atoms with Gasteiger partial charge in [-0.15, -0.1) is 0 Å². The van der Waals surface area contributed by atoms with E-state index in [1.807, 2.05) is 62.4 Å². The van der Waals surface area contributed by atoms with Crippen LogP contribution in [0.3, 0.4) is 0 Å². The molecule has 0 aliphatic rings. The van der Waals surface area contributed by atoms with Crippen LogP contribution in [-0.2, 0) is 22.6 Å². The van der Waals surface area contributed by atoms with Crippen LogP contribution in [0.1, 0.15) is 44.7 Å². The van der Waals surface area contributed by atoms with Gasteiger partial charge < -0.3 is 10.2 Å². The zero-order valence-electron chi connectivity index (χ0n) is 16.8. The number of halogens is 1. The summed E-state index contributed by atoms with van der Waals surface area (Å²) in [5.74, 6) is -0.204. The Hall–Kier alpha value is -2.33. The molecule has 0 fully saturated rings. The molecule has 5 heteroatoms. The predicted molar refractivity (Wildman–Crippen MR) is 114 cm³/mol. The first-order chi connectivity index (χ1) is 13.4. The largest absolute Gasteiger partial charge is 0.352 e. The number of rotatable bonds is 9. The predicted octanol–water partition coefficient (Wildman–Crippen LogP) is 4.60. The Kier molecular flexibility index (Phi) is 8.52. The maximum atomic E-state index is 13.0. The second-order valence-corrected chi connectivity index (χ2v) is 7.50. The van der Waals surface area contributed by atoms with Gasteiger partial charge in [-0.2, -0.15) is 0 Å². The summed E-state index contributed by atoms with van der Waals surface area (Å²) >= 11 is 6.30. The topological polar surface area (TPSA) is 49.4 Å². The van der Waals surface area contributed by atoms with E-state index >= 15 is 0 Å². The minimum atomic E-state index is -0.575. The molecule has 2 unspecified atom stereocenters. The molecule has 28 heavy (non-hydrogen) atoms. The fourth-order valence-corrected chi connectivity index (χ4v) is 3.09. The molecule has 2 aromatic rings. The van der Waals surface area contributed by atoms with Crippen LogP contribution in [0.15, 0.2) is 54.6 Å². The Labute approximate surface area is 172 Å². The van der Waals surface area contributed by atoms with Gasteiger partial charge in [0.1, 0.15) is 6.04 Å².